The molecule has 1 aliphatic heterocycles. The molecule has 0 saturated heterocycles. The number of rotatable bonds is 4. The summed E-state index contributed by atoms with van der Waals surface area (Å²) in [7, 11) is 0. The summed E-state index contributed by atoms with van der Waals surface area (Å²) in [5, 5.41) is 5.50. The second-order valence-corrected chi connectivity index (χ2v) is 8.90. The maximum Gasteiger partial charge on any atom is 0.261 e. The zero-order chi connectivity index (χ0) is 21.4. The first-order valence-corrected chi connectivity index (χ1v) is 11.4. The molecule has 2 aliphatic rings. The minimum atomic E-state index is -0.507. The Hall–Kier alpha value is -3.06. The van der Waals surface area contributed by atoms with Crippen molar-refractivity contribution in [1.82, 2.24) is 4.98 Å². The predicted octanol–water partition coefficient (Wildman–Crippen LogP) is 5.28. The van der Waals surface area contributed by atoms with E-state index >= 15 is 0 Å². The van der Waals surface area contributed by atoms with Crippen LogP contribution in [0.3, 0.4) is 0 Å². The van der Waals surface area contributed by atoms with E-state index in [0.29, 0.717) is 18.1 Å². The number of fused-ring (bicyclic) bond motifs is 1. The lowest BCUT2D eigenvalue weighted by molar-refractivity contribution is -0.119. The SMILES string of the molecule is O=C(Nc1nc(-c2ccc3c(c2)CCN3C(=O)c2ccccc2F)cs1)C1CCCC1. The number of aromatic nitrogens is 1. The summed E-state index contributed by atoms with van der Waals surface area (Å²) in [6.07, 6.45) is 4.85. The highest BCUT2D eigenvalue weighted by Gasteiger charge is 2.28. The van der Waals surface area contributed by atoms with Crippen LogP contribution in [0.25, 0.3) is 11.3 Å². The summed E-state index contributed by atoms with van der Waals surface area (Å²) in [6, 6.07) is 11.9. The number of amides is 2. The van der Waals surface area contributed by atoms with Crippen LogP contribution in [-0.4, -0.2) is 23.3 Å². The number of thiazole rings is 1. The lowest BCUT2D eigenvalue weighted by Crippen LogP contribution is -2.29. The molecule has 0 radical (unpaired) electrons. The number of hydrogen-bond donors (Lipinski definition) is 1. The molecule has 0 bridgehead atoms. The molecule has 1 aromatic heterocycles. The number of nitrogens with one attached hydrogen (secondary N) is 1. The highest BCUT2D eigenvalue weighted by molar-refractivity contribution is 7.14. The summed E-state index contributed by atoms with van der Waals surface area (Å²) in [5.74, 6) is -0.664. The Morgan fingerprint density at radius 1 is 1.13 bits per heavy atom. The van der Waals surface area contributed by atoms with Gasteiger partial charge in [-0.3, -0.25) is 9.59 Å². The van der Waals surface area contributed by atoms with Crippen molar-refractivity contribution in [3.8, 4) is 11.3 Å². The third-order valence-electron chi connectivity index (χ3n) is 6.08. The number of carbonyl (C=O) groups excluding carboxylic acids is 2. The molecule has 31 heavy (non-hydrogen) atoms. The maximum atomic E-state index is 14.1. The fraction of sp³-hybridized carbons (Fsp3) is 0.292. The van der Waals surface area contributed by atoms with Crippen LogP contribution >= 0.6 is 11.3 Å². The highest BCUT2D eigenvalue weighted by atomic mass is 32.1. The Balaban J connectivity index is 1.33. The Morgan fingerprint density at radius 2 is 1.94 bits per heavy atom. The van der Waals surface area contributed by atoms with Gasteiger partial charge in [0.25, 0.3) is 5.91 Å². The van der Waals surface area contributed by atoms with Crippen molar-refractivity contribution in [2.24, 2.45) is 5.92 Å². The Kier molecular flexibility index (Phi) is 5.28. The fourth-order valence-corrected chi connectivity index (χ4v) is 5.13. The minimum absolute atomic E-state index is 0.0645. The van der Waals surface area contributed by atoms with Crippen molar-refractivity contribution in [2.45, 2.75) is 32.1 Å². The van der Waals surface area contributed by atoms with Gasteiger partial charge in [0, 0.05) is 29.1 Å². The van der Waals surface area contributed by atoms with Crippen LogP contribution in [0.4, 0.5) is 15.2 Å². The van der Waals surface area contributed by atoms with E-state index in [1.807, 2.05) is 23.6 Å². The molecular weight excluding hydrogens is 413 g/mol. The van der Waals surface area contributed by atoms with E-state index in [-0.39, 0.29) is 23.3 Å². The molecule has 0 unspecified atom stereocenters. The molecular formula is C24H22FN3O2S. The van der Waals surface area contributed by atoms with Crippen molar-refractivity contribution in [1.29, 1.82) is 0 Å². The first kappa shape index (κ1) is 19.9. The van der Waals surface area contributed by atoms with E-state index < -0.39 is 5.82 Å². The summed E-state index contributed by atoms with van der Waals surface area (Å²) in [6.45, 7) is 0.520. The van der Waals surface area contributed by atoms with Crippen molar-refractivity contribution < 1.29 is 14.0 Å². The van der Waals surface area contributed by atoms with Crippen LogP contribution in [0.5, 0.6) is 0 Å². The smallest absolute Gasteiger partial charge is 0.261 e. The zero-order valence-corrected chi connectivity index (χ0v) is 17.8. The van der Waals surface area contributed by atoms with Gasteiger partial charge in [-0.2, -0.15) is 0 Å². The Labute approximate surface area is 183 Å². The van der Waals surface area contributed by atoms with Crippen molar-refractivity contribution in [2.75, 3.05) is 16.8 Å². The number of benzene rings is 2. The number of anilines is 2. The third-order valence-corrected chi connectivity index (χ3v) is 6.84. The number of carbonyl (C=O) groups is 2. The van der Waals surface area contributed by atoms with Crippen molar-refractivity contribution in [3.05, 3.63) is 64.8 Å². The quantitative estimate of drug-likeness (QED) is 0.606. The summed E-state index contributed by atoms with van der Waals surface area (Å²) in [4.78, 5) is 31.4. The van der Waals surface area contributed by atoms with Gasteiger partial charge >= 0.3 is 0 Å². The molecule has 3 aromatic rings. The van der Waals surface area contributed by atoms with Crippen LogP contribution in [0.15, 0.2) is 47.8 Å². The van der Waals surface area contributed by atoms with Crippen LogP contribution in [-0.2, 0) is 11.2 Å². The van der Waals surface area contributed by atoms with Crippen LogP contribution in [0.1, 0.15) is 41.6 Å². The van der Waals surface area contributed by atoms with E-state index in [9.17, 15) is 14.0 Å². The van der Waals surface area contributed by atoms with Crippen LogP contribution in [0, 0.1) is 11.7 Å². The standard InChI is InChI=1S/C24H22FN3O2S/c25-19-8-4-3-7-18(19)23(30)28-12-11-17-13-16(9-10-21(17)28)20-14-31-24(26-20)27-22(29)15-5-1-2-6-15/h3-4,7-10,13-15H,1-2,5-6,11-12H2,(H,26,27,29). The van der Waals surface area contributed by atoms with E-state index in [2.05, 4.69) is 10.3 Å². The lowest BCUT2D eigenvalue weighted by atomic mass is 10.1. The van der Waals surface area contributed by atoms with Crippen molar-refractivity contribution >= 4 is 34.0 Å². The number of halogens is 1. The zero-order valence-electron chi connectivity index (χ0n) is 16.9. The van der Waals surface area contributed by atoms with Crippen LogP contribution in [0.2, 0.25) is 0 Å². The van der Waals surface area contributed by atoms with Crippen molar-refractivity contribution in [3.63, 3.8) is 0 Å². The first-order chi connectivity index (χ1) is 15.1. The van der Waals surface area contributed by atoms with Gasteiger partial charge in [-0.15, -0.1) is 11.3 Å². The lowest BCUT2D eigenvalue weighted by Gasteiger charge is -2.18. The van der Waals surface area contributed by atoms with Gasteiger partial charge in [0.05, 0.1) is 11.3 Å². The minimum Gasteiger partial charge on any atom is -0.308 e. The molecule has 0 spiro atoms. The number of nitrogens with zero attached hydrogens (tertiary/aromatic N) is 2. The fourth-order valence-electron chi connectivity index (χ4n) is 4.41. The van der Waals surface area contributed by atoms with E-state index in [1.165, 1.54) is 23.5 Å². The molecule has 0 atom stereocenters. The molecule has 1 N–H and O–H groups in total. The van der Waals surface area contributed by atoms with Gasteiger partial charge in [-0.05, 0) is 49.1 Å². The summed E-state index contributed by atoms with van der Waals surface area (Å²) < 4.78 is 14.1. The molecule has 158 valence electrons. The molecule has 7 heteroatoms. The average Bonchev–Trinajstić information content (AvgIpc) is 3.53. The third kappa shape index (κ3) is 3.85. The largest absolute Gasteiger partial charge is 0.308 e. The first-order valence-electron chi connectivity index (χ1n) is 10.6. The Bertz CT molecular complexity index is 1150. The molecule has 2 aromatic carbocycles. The average molecular weight is 436 g/mol. The second kappa shape index (κ2) is 8.23. The summed E-state index contributed by atoms with van der Waals surface area (Å²) >= 11 is 1.42. The molecule has 2 amide bonds. The van der Waals surface area contributed by atoms with Gasteiger partial charge in [0.15, 0.2) is 5.13 Å². The maximum absolute atomic E-state index is 14.1. The van der Waals surface area contributed by atoms with E-state index in [4.69, 9.17) is 0 Å². The van der Waals surface area contributed by atoms with Gasteiger partial charge in [-0.25, -0.2) is 9.37 Å². The molecule has 2 heterocycles. The molecule has 5 nitrogen and oxygen atoms in total. The van der Waals surface area contributed by atoms with Gasteiger partial charge in [0.1, 0.15) is 5.82 Å². The van der Waals surface area contributed by atoms with Gasteiger partial charge < -0.3 is 10.2 Å². The predicted molar refractivity (Wildman–Crippen MR) is 120 cm³/mol. The normalized spacial score (nSPS) is 15.8. The molecule has 1 saturated carbocycles. The Morgan fingerprint density at radius 3 is 2.74 bits per heavy atom. The highest BCUT2D eigenvalue weighted by Crippen LogP contribution is 2.35. The van der Waals surface area contributed by atoms with E-state index in [0.717, 1.165) is 48.2 Å². The topological polar surface area (TPSA) is 62.3 Å². The van der Waals surface area contributed by atoms with E-state index in [1.54, 1.807) is 17.0 Å². The summed E-state index contributed by atoms with van der Waals surface area (Å²) in [5.41, 5.74) is 3.67. The number of hydrogen-bond acceptors (Lipinski definition) is 4. The monoisotopic (exact) mass is 435 g/mol. The van der Waals surface area contributed by atoms with Gasteiger partial charge in [-0.1, -0.05) is 31.0 Å². The molecule has 5 rings (SSSR count). The second-order valence-electron chi connectivity index (χ2n) is 8.04. The van der Waals surface area contributed by atoms with Gasteiger partial charge in [0.2, 0.25) is 5.91 Å². The molecule has 1 aliphatic carbocycles. The molecule has 1 fully saturated rings. The van der Waals surface area contributed by atoms with Crippen LogP contribution < -0.4 is 10.2 Å².